The highest BCUT2D eigenvalue weighted by Gasteiger charge is 2.22. The van der Waals surface area contributed by atoms with Crippen molar-refractivity contribution in [1.82, 2.24) is 9.97 Å². The number of hydrogen-bond acceptors (Lipinski definition) is 4. The number of rotatable bonds is 7. The van der Waals surface area contributed by atoms with E-state index in [4.69, 9.17) is 4.74 Å². The van der Waals surface area contributed by atoms with Gasteiger partial charge in [-0.1, -0.05) is 44.0 Å². The van der Waals surface area contributed by atoms with Crippen LogP contribution >= 0.6 is 0 Å². The lowest BCUT2D eigenvalue weighted by Gasteiger charge is -2.28. The summed E-state index contributed by atoms with van der Waals surface area (Å²) in [7, 11) is 1.57. The second-order valence-electron chi connectivity index (χ2n) is 7.27. The number of nitrogens with zero attached hydrogens (tertiary/aromatic N) is 2. The molecular formula is C22H28N2O2. The molecule has 0 radical (unpaired) electrons. The van der Waals surface area contributed by atoms with Crippen LogP contribution in [-0.2, 0) is 6.42 Å². The summed E-state index contributed by atoms with van der Waals surface area (Å²) in [5, 5.41) is 0. The van der Waals surface area contributed by atoms with Gasteiger partial charge in [-0.3, -0.25) is 4.79 Å². The first-order chi connectivity index (χ1) is 12.7. The lowest BCUT2D eigenvalue weighted by Crippen LogP contribution is -2.13. The Morgan fingerprint density at radius 2 is 1.73 bits per heavy atom. The van der Waals surface area contributed by atoms with Crippen molar-refractivity contribution in [3.8, 4) is 5.75 Å². The zero-order chi connectivity index (χ0) is 18.4. The predicted octanol–water partition coefficient (Wildman–Crippen LogP) is 4.98. The van der Waals surface area contributed by atoms with Crippen molar-refractivity contribution >= 4 is 5.78 Å². The Bertz CT molecular complexity index is 702. The van der Waals surface area contributed by atoms with Gasteiger partial charge < -0.3 is 4.74 Å². The molecule has 0 atom stereocenters. The van der Waals surface area contributed by atoms with Gasteiger partial charge in [0.15, 0.2) is 11.5 Å². The molecule has 0 aliphatic heterocycles. The zero-order valence-corrected chi connectivity index (χ0v) is 15.8. The molecule has 1 fully saturated rings. The highest BCUT2D eigenvalue weighted by molar-refractivity contribution is 5.97. The molecule has 4 nitrogen and oxygen atoms in total. The molecule has 1 saturated carbocycles. The van der Waals surface area contributed by atoms with Gasteiger partial charge in [-0.05, 0) is 43.1 Å². The van der Waals surface area contributed by atoms with E-state index in [1.807, 2.05) is 12.1 Å². The van der Waals surface area contributed by atoms with E-state index < -0.39 is 0 Å². The number of aromatic nitrogens is 2. The Morgan fingerprint density at radius 1 is 1.08 bits per heavy atom. The highest BCUT2D eigenvalue weighted by atomic mass is 16.5. The standard InChI is InChI=1S/C22H28N2O2/c1-3-4-16-5-7-17(8-6-16)18-9-11-19(12-10-18)21(25)13-22-23-14-20(26-2)15-24-22/h9-12,14-17H,3-8,13H2,1-2H3. The Labute approximate surface area is 156 Å². The molecule has 0 spiro atoms. The summed E-state index contributed by atoms with van der Waals surface area (Å²) < 4.78 is 5.04. The van der Waals surface area contributed by atoms with Gasteiger partial charge in [0.05, 0.1) is 25.9 Å². The number of benzene rings is 1. The van der Waals surface area contributed by atoms with Crippen LogP contribution in [0.15, 0.2) is 36.7 Å². The molecule has 4 heteroatoms. The SMILES string of the molecule is CCCC1CCC(c2ccc(C(=O)Cc3ncc(OC)cn3)cc2)CC1. The quantitative estimate of drug-likeness (QED) is 0.659. The maximum absolute atomic E-state index is 12.5. The molecule has 1 aromatic carbocycles. The van der Waals surface area contributed by atoms with Crippen LogP contribution in [0, 0.1) is 5.92 Å². The van der Waals surface area contributed by atoms with Crippen LogP contribution in [0.25, 0.3) is 0 Å². The van der Waals surface area contributed by atoms with Crippen LogP contribution in [0.5, 0.6) is 5.75 Å². The van der Waals surface area contributed by atoms with Crippen molar-refractivity contribution < 1.29 is 9.53 Å². The minimum Gasteiger partial charge on any atom is -0.494 e. The molecule has 0 saturated heterocycles. The van der Waals surface area contributed by atoms with Gasteiger partial charge in [-0.25, -0.2) is 9.97 Å². The fourth-order valence-electron chi connectivity index (χ4n) is 3.92. The Morgan fingerprint density at radius 3 is 2.31 bits per heavy atom. The van der Waals surface area contributed by atoms with Crippen LogP contribution < -0.4 is 4.74 Å². The summed E-state index contributed by atoms with van der Waals surface area (Å²) in [5.41, 5.74) is 2.10. The van der Waals surface area contributed by atoms with Crippen molar-refractivity contribution in [2.45, 2.75) is 57.8 Å². The fourth-order valence-corrected chi connectivity index (χ4v) is 3.92. The Kier molecular flexibility index (Phi) is 6.37. The lowest BCUT2D eigenvalue weighted by atomic mass is 9.77. The van der Waals surface area contributed by atoms with E-state index in [0.717, 1.165) is 11.5 Å². The molecule has 0 amide bonds. The van der Waals surface area contributed by atoms with E-state index in [9.17, 15) is 4.79 Å². The van der Waals surface area contributed by atoms with Gasteiger partial charge in [0, 0.05) is 5.56 Å². The molecule has 2 aromatic rings. The van der Waals surface area contributed by atoms with Gasteiger partial charge in [0.2, 0.25) is 0 Å². The van der Waals surface area contributed by atoms with Crippen molar-refractivity contribution in [2.24, 2.45) is 5.92 Å². The minimum atomic E-state index is 0.0494. The van der Waals surface area contributed by atoms with Crippen molar-refractivity contribution in [3.63, 3.8) is 0 Å². The largest absolute Gasteiger partial charge is 0.494 e. The molecule has 1 aliphatic carbocycles. The maximum Gasteiger partial charge on any atom is 0.170 e. The number of carbonyl (C=O) groups is 1. The first kappa shape index (κ1) is 18.6. The lowest BCUT2D eigenvalue weighted by molar-refractivity contribution is 0.0990. The van der Waals surface area contributed by atoms with E-state index in [0.29, 0.717) is 17.5 Å². The van der Waals surface area contributed by atoms with Crippen LogP contribution in [0.3, 0.4) is 0 Å². The van der Waals surface area contributed by atoms with Gasteiger partial charge >= 0.3 is 0 Å². The van der Waals surface area contributed by atoms with Gasteiger partial charge in [-0.15, -0.1) is 0 Å². The van der Waals surface area contributed by atoms with Gasteiger partial charge in [0.1, 0.15) is 5.82 Å². The average Bonchev–Trinajstić information content (AvgIpc) is 2.69. The van der Waals surface area contributed by atoms with E-state index in [-0.39, 0.29) is 12.2 Å². The summed E-state index contributed by atoms with van der Waals surface area (Å²) in [6.45, 7) is 2.28. The summed E-state index contributed by atoms with van der Waals surface area (Å²) in [4.78, 5) is 20.8. The minimum absolute atomic E-state index is 0.0494. The third kappa shape index (κ3) is 4.69. The molecule has 3 rings (SSSR count). The smallest absolute Gasteiger partial charge is 0.170 e. The predicted molar refractivity (Wildman–Crippen MR) is 103 cm³/mol. The number of carbonyl (C=O) groups excluding carboxylic acids is 1. The third-order valence-corrected chi connectivity index (χ3v) is 5.48. The van der Waals surface area contributed by atoms with Crippen molar-refractivity contribution in [3.05, 3.63) is 53.6 Å². The average molecular weight is 352 g/mol. The maximum atomic E-state index is 12.5. The summed E-state index contributed by atoms with van der Waals surface area (Å²) in [5.74, 6) is 2.74. The van der Waals surface area contributed by atoms with Crippen LogP contribution in [0.4, 0.5) is 0 Å². The van der Waals surface area contributed by atoms with Crippen LogP contribution in [0.1, 0.15) is 73.1 Å². The van der Waals surface area contributed by atoms with E-state index in [1.165, 1.54) is 44.1 Å². The fraction of sp³-hybridized carbons (Fsp3) is 0.500. The second-order valence-corrected chi connectivity index (χ2v) is 7.27. The topological polar surface area (TPSA) is 52.1 Å². The highest BCUT2D eigenvalue weighted by Crippen LogP contribution is 2.37. The Balaban J connectivity index is 1.57. The first-order valence-electron chi connectivity index (χ1n) is 9.67. The monoisotopic (exact) mass is 352 g/mol. The number of ketones is 1. The van der Waals surface area contributed by atoms with E-state index in [2.05, 4.69) is 29.0 Å². The Hall–Kier alpha value is -2.23. The van der Waals surface area contributed by atoms with Crippen molar-refractivity contribution in [2.75, 3.05) is 7.11 Å². The van der Waals surface area contributed by atoms with E-state index >= 15 is 0 Å². The molecule has 1 aromatic heterocycles. The molecule has 26 heavy (non-hydrogen) atoms. The number of methoxy groups -OCH3 is 1. The summed E-state index contributed by atoms with van der Waals surface area (Å²) in [6, 6.07) is 8.18. The number of hydrogen-bond donors (Lipinski definition) is 0. The molecule has 0 bridgehead atoms. The summed E-state index contributed by atoms with van der Waals surface area (Å²) in [6.07, 6.45) is 11.3. The molecule has 1 aliphatic rings. The molecule has 138 valence electrons. The molecular weight excluding hydrogens is 324 g/mol. The van der Waals surface area contributed by atoms with Crippen LogP contribution in [0.2, 0.25) is 0 Å². The number of ether oxygens (including phenoxy) is 1. The first-order valence-corrected chi connectivity index (χ1v) is 9.67. The summed E-state index contributed by atoms with van der Waals surface area (Å²) >= 11 is 0. The third-order valence-electron chi connectivity index (χ3n) is 5.48. The van der Waals surface area contributed by atoms with Gasteiger partial charge in [-0.2, -0.15) is 0 Å². The van der Waals surface area contributed by atoms with Crippen molar-refractivity contribution in [1.29, 1.82) is 0 Å². The van der Waals surface area contributed by atoms with Crippen LogP contribution in [-0.4, -0.2) is 22.9 Å². The zero-order valence-electron chi connectivity index (χ0n) is 15.8. The molecule has 1 heterocycles. The van der Waals surface area contributed by atoms with Gasteiger partial charge in [0.25, 0.3) is 0 Å². The second kappa shape index (κ2) is 8.93. The number of Topliss-reactive ketones (excluding diaryl/α,β-unsaturated/α-hetero) is 1. The molecule has 0 unspecified atom stereocenters. The molecule has 0 N–H and O–H groups in total. The normalized spacial score (nSPS) is 19.9. The van der Waals surface area contributed by atoms with E-state index in [1.54, 1.807) is 19.5 Å².